The van der Waals surface area contributed by atoms with Gasteiger partial charge in [-0.15, -0.1) is 30.6 Å². The van der Waals surface area contributed by atoms with Crippen molar-refractivity contribution in [3.8, 4) is 5.75 Å². The molecule has 1 rings (SSSR count). The number of halogens is 1. The van der Waals surface area contributed by atoms with Gasteiger partial charge in [0.15, 0.2) is 5.96 Å². The van der Waals surface area contributed by atoms with E-state index >= 15 is 0 Å². The number of nitrogens with zero attached hydrogens (tertiary/aromatic N) is 1. The summed E-state index contributed by atoms with van der Waals surface area (Å²) < 4.78 is 5.14. The minimum atomic E-state index is -0.663. The number of nitrogens with one attached hydrogen (secondary N) is 2. The minimum Gasteiger partial charge on any atom is -0.497 e. The normalized spacial score (nSPS) is 12.0. The Morgan fingerprint density at radius 1 is 1.48 bits per heavy atom. The van der Waals surface area contributed by atoms with Crippen molar-refractivity contribution in [2.24, 2.45) is 4.99 Å². The van der Waals surface area contributed by atoms with Crippen LogP contribution in [0, 0.1) is 0 Å². The van der Waals surface area contributed by atoms with Crippen LogP contribution in [0.2, 0.25) is 0 Å². The molecule has 0 aliphatic carbocycles. The quantitative estimate of drug-likeness (QED) is 0.281. The summed E-state index contributed by atoms with van der Waals surface area (Å²) in [6.45, 7) is 7.30. The molecule has 0 aromatic heterocycles. The van der Waals surface area contributed by atoms with Gasteiger partial charge in [-0.2, -0.15) is 0 Å². The van der Waals surface area contributed by atoms with Gasteiger partial charge >= 0.3 is 0 Å². The van der Waals surface area contributed by atoms with Crippen molar-refractivity contribution in [1.82, 2.24) is 10.6 Å². The number of hydrogen-bond acceptors (Lipinski definition) is 3. The summed E-state index contributed by atoms with van der Waals surface area (Å²) in [7, 11) is 1.60. The van der Waals surface area contributed by atoms with Crippen LogP contribution >= 0.6 is 24.0 Å². The summed E-state index contributed by atoms with van der Waals surface area (Å²) in [6, 6.07) is 7.36. The van der Waals surface area contributed by atoms with Crippen molar-refractivity contribution in [2.75, 3.05) is 26.7 Å². The average Bonchev–Trinajstić information content (AvgIpc) is 2.49. The van der Waals surface area contributed by atoms with Crippen molar-refractivity contribution in [1.29, 1.82) is 0 Å². The van der Waals surface area contributed by atoms with Gasteiger partial charge in [0.25, 0.3) is 0 Å². The number of rotatable bonds is 7. The molecule has 0 amide bonds. The van der Waals surface area contributed by atoms with Crippen LogP contribution in [0.15, 0.2) is 41.9 Å². The van der Waals surface area contributed by atoms with Crippen LogP contribution in [0.3, 0.4) is 0 Å². The van der Waals surface area contributed by atoms with Crippen LogP contribution in [-0.4, -0.2) is 37.8 Å². The third-order valence-corrected chi connectivity index (χ3v) is 2.66. The number of aliphatic hydroxyl groups excluding tert-OH is 1. The first kappa shape index (κ1) is 19.7. The van der Waals surface area contributed by atoms with Gasteiger partial charge in [0.1, 0.15) is 5.75 Å². The van der Waals surface area contributed by atoms with Crippen LogP contribution in [0.5, 0.6) is 5.75 Å². The molecule has 3 N–H and O–H groups in total. The van der Waals surface area contributed by atoms with E-state index in [1.165, 1.54) is 0 Å². The fraction of sp³-hybridized carbons (Fsp3) is 0.400. The Bertz CT molecular complexity index is 452. The molecule has 1 unspecified atom stereocenters. The molecule has 0 heterocycles. The van der Waals surface area contributed by atoms with Crippen molar-refractivity contribution in [3.63, 3.8) is 0 Å². The number of hydrogen-bond donors (Lipinski definition) is 3. The molecule has 0 saturated carbocycles. The predicted octanol–water partition coefficient (Wildman–Crippen LogP) is 2.09. The molecule has 0 saturated heterocycles. The molecule has 1 atom stereocenters. The standard InChI is InChI=1S/C15H23N3O2.HI/c1-4-9-17-15(16-5-2)18-11-14(19)12-7-6-8-13(10-12)20-3;/h4,6-8,10,14,19H,1,5,9,11H2,2-3H3,(H2,16,17,18);1H. The maximum absolute atomic E-state index is 10.1. The van der Waals surface area contributed by atoms with Gasteiger partial charge in [0, 0.05) is 13.1 Å². The predicted molar refractivity (Wildman–Crippen MR) is 97.5 cm³/mol. The third-order valence-electron chi connectivity index (χ3n) is 2.66. The summed E-state index contributed by atoms with van der Waals surface area (Å²) in [4.78, 5) is 4.34. The maximum Gasteiger partial charge on any atom is 0.191 e. The van der Waals surface area contributed by atoms with Gasteiger partial charge in [-0.1, -0.05) is 18.2 Å². The Labute approximate surface area is 143 Å². The van der Waals surface area contributed by atoms with Crippen LogP contribution in [0.25, 0.3) is 0 Å². The molecule has 0 aliphatic rings. The minimum absolute atomic E-state index is 0. The Morgan fingerprint density at radius 3 is 2.86 bits per heavy atom. The summed E-state index contributed by atoms with van der Waals surface area (Å²) in [5.74, 6) is 1.39. The van der Waals surface area contributed by atoms with E-state index in [4.69, 9.17) is 4.74 Å². The molecule has 118 valence electrons. The number of ether oxygens (including phenoxy) is 1. The fourth-order valence-corrected chi connectivity index (χ4v) is 1.64. The molecule has 1 aromatic carbocycles. The number of aliphatic hydroxyl groups is 1. The first-order chi connectivity index (χ1) is 9.71. The number of methoxy groups -OCH3 is 1. The van der Waals surface area contributed by atoms with Crippen LogP contribution in [0.4, 0.5) is 0 Å². The van der Waals surface area contributed by atoms with Gasteiger partial charge in [0.05, 0.1) is 19.8 Å². The lowest BCUT2D eigenvalue weighted by Gasteiger charge is -2.13. The fourth-order valence-electron chi connectivity index (χ4n) is 1.64. The first-order valence-corrected chi connectivity index (χ1v) is 6.66. The largest absolute Gasteiger partial charge is 0.497 e. The Hall–Kier alpha value is -1.28. The molecule has 0 radical (unpaired) electrons. The second kappa shape index (κ2) is 11.4. The Kier molecular flexibility index (Phi) is 10.7. The Morgan fingerprint density at radius 2 is 2.24 bits per heavy atom. The molecular weight excluding hydrogens is 381 g/mol. The highest BCUT2D eigenvalue weighted by molar-refractivity contribution is 14.0. The lowest BCUT2D eigenvalue weighted by molar-refractivity contribution is 0.186. The van der Waals surface area contributed by atoms with Gasteiger partial charge < -0.3 is 20.5 Å². The topological polar surface area (TPSA) is 65.9 Å². The van der Waals surface area contributed by atoms with E-state index in [2.05, 4.69) is 22.2 Å². The molecule has 6 heteroatoms. The molecule has 0 bridgehead atoms. The molecule has 0 spiro atoms. The monoisotopic (exact) mass is 405 g/mol. The highest BCUT2D eigenvalue weighted by Gasteiger charge is 2.08. The lowest BCUT2D eigenvalue weighted by Crippen LogP contribution is -2.37. The second-order valence-corrected chi connectivity index (χ2v) is 4.18. The third kappa shape index (κ3) is 7.33. The van der Waals surface area contributed by atoms with Crippen LogP contribution in [-0.2, 0) is 0 Å². The van der Waals surface area contributed by atoms with Gasteiger partial charge in [0.2, 0.25) is 0 Å². The zero-order valence-corrected chi connectivity index (χ0v) is 14.8. The van der Waals surface area contributed by atoms with Crippen molar-refractivity contribution < 1.29 is 9.84 Å². The van der Waals surface area contributed by atoms with E-state index in [0.29, 0.717) is 12.5 Å². The molecule has 0 aliphatic heterocycles. The average molecular weight is 405 g/mol. The number of benzene rings is 1. The summed E-state index contributed by atoms with van der Waals surface area (Å²) in [5.41, 5.74) is 0.785. The lowest BCUT2D eigenvalue weighted by atomic mass is 10.1. The highest BCUT2D eigenvalue weighted by Crippen LogP contribution is 2.19. The number of aliphatic imine (C=N–C) groups is 1. The van der Waals surface area contributed by atoms with E-state index in [1.807, 2.05) is 31.2 Å². The van der Waals surface area contributed by atoms with E-state index < -0.39 is 6.10 Å². The highest BCUT2D eigenvalue weighted by atomic mass is 127. The van der Waals surface area contributed by atoms with Gasteiger partial charge in [-0.25, -0.2) is 0 Å². The van der Waals surface area contributed by atoms with Crippen LogP contribution in [0.1, 0.15) is 18.6 Å². The van der Waals surface area contributed by atoms with E-state index in [1.54, 1.807) is 13.2 Å². The number of guanidine groups is 1. The molecule has 21 heavy (non-hydrogen) atoms. The maximum atomic E-state index is 10.1. The summed E-state index contributed by atoms with van der Waals surface area (Å²) >= 11 is 0. The summed E-state index contributed by atoms with van der Waals surface area (Å²) in [6.07, 6.45) is 1.09. The van der Waals surface area contributed by atoms with Gasteiger partial charge in [-0.3, -0.25) is 4.99 Å². The van der Waals surface area contributed by atoms with Crippen molar-refractivity contribution in [2.45, 2.75) is 13.0 Å². The zero-order chi connectivity index (χ0) is 14.8. The van der Waals surface area contributed by atoms with E-state index in [0.717, 1.165) is 17.9 Å². The molecule has 1 aromatic rings. The van der Waals surface area contributed by atoms with E-state index in [9.17, 15) is 5.11 Å². The first-order valence-electron chi connectivity index (χ1n) is 6.66. The van der Waals surface area contributed by atoms with Crippen LogP contribution < -0.4 is 15.4 Å². The smallest absolute Gasteiger partial charge is 0.191 e. The molecular formula is C15H24IN3O2. The Balaban J connectivity index is 0.00000400. The molecule has 0 fully saturated rings. The second-order valence-electron chi connectivity index (χ2n) is 4.18. The summed E-state index contributed by atoms with van der Waals surface area (Å²) in [5, 5.41) is 16.3. The van der Waals surface area contributed by atoms with Crippen molar-refractivity contribution in [3.05, 3.63) is 42.5 Å². The zero-order valence-electron chi connectivity index (χ0n) is 12.5. The van der Waals surface area contributed by atoms with Crippen molar-refractivity contribution >= 4 is 29.9 Å². The van der Waals surface area contributed by atoms with E-state index in [-0.39, 0.29) is 30.5 Å². The van der Waals surface area contributed by atoms with Gasteiger partial charge in [-0.05, 0) is 24.6 Å². The SMILES string of the molecule is C=CCNC(=NCC(O)c1cccc(OC)c1)NCC.I. The molecule has 5 nitrogen and oxygen atoms in total.